The van der Waals surface area contributed by atoms with E-state index in [0.29, 0.717) is 5.82 Å². The van der Waals surface area contributed by atoms with Crippen LogP contribution in [0, 0.1) is 0 Å². The lowest BCUT2D eigenvalue weighted by Gasteiger charge is -2.08. The molecule has 0 radical (unpaired) electrons. The Kier molecular flexibility index (Phi) is 4.02. The maximum Gasteiger partial charge on any atom is 0.392 e. The first kappa shape index (κ1) is 14.0. The second kappa shape index (κ2) is 5.72. The molecule has 0 aliphatic heterocycles. The first-order valence-corrected chi connectivity index (χ1v) is 5.64. The topological polar surface area (TPSA) is 57.0 Å². The van der Waals surface area contributed by atoms with Crippen LogP contribution in [0.3, 0.4) is 0 Å². The summed E-state index contributed by atoms with van der Waals surface area (Å²) in [5.74, 6) is -0.397. The Morgan fingerprint density at radius 2 is 2.15 bits per heavy atom. The number of alkyl halides is 3. The van der Waals surface area contributed by atoms with Crippen molar-refractivity contribution in [2.24, 2.45) is 0 Å². The van der Waals surface area contributed by atoms with Gasteiger partial charge in [0.2, 0.25) is 0 Å². The fraction of sp³-hybridized carbons (Fsp3) is 0.250. The summed E-state index contributed by atoms with van der Waals surface area (Å²) >= 11 is 0. The van der Waals surface area contributed by atoms with Crippen LogP contribution in [0.15, 0.2) is 37.1 Å². The van der Waals surface area contributed by atoms with E-state index in [4.69, 9.17) is 0 Å². The number of ether oxygens (including phenoxy) is 1. The number of carbonyl (C=O) groups is 1. The number of hydrogen-bond donors (Lipinski definition) is 0. The zero-order valence-electron chi connectivity index (χ0n) is 10.2. The number of aromatic nitrogens is 3. The smallest absolute Gasteiger partial charge is 0.392 e. The maximum absolute atomic E-state index is 11.9. The summed E-state index contributed by atoms with van der Waals surface area (Å²) in [6.07, 6.45) is 0.507. The zero-order chi connectivity index (χ0) is 14.6. The van der Waals surface area contributed by atoms with Gasteiger partial charge in [-0.15, -0.1) is 0 Å². The molecule has 2 heterocycles. The Hall–Kier alpha value is -2.38. The molecule has 5 nitrogen and oxygen atoms in total. The van der Waals surface area contributed by atoms with Gasteiger partial charge in [-0.1, -0.05) is 0 Å². The third kappa shape index (κ3) is 3.81. The summed E-state index contributed by atoms with van der Waals surface area (Å²) in [6.45, 7) is -0.703. The molecule has 0 saturated carbocycles. The molecule has 0 unspecified atom stereocenters. The zero-order valence-corrected chi connectivity index (χ0v) is 10.2. The lowest BCUT2D eigenvalue weighted by molar-refractivity contribution is -0.141. The lowest BCUT2D eigenvalue weighted by atomic mass is 10.2. The molecule has 106 valence electrons. The van der Waals surface area contributed by atoms with Crippen molar-refractivity contribution in [3.05, 3.63) is 42.6 Å². The van der Waals surface area contributed by atoms with Crippen molar-refractivity contribution in [3.8, 4) is 5.82 Å². The first-order chi connectivity index (χ1) is 9.46. The third-order valence-corrected chi connectivity index (χ3v) is 2.37. The van der Waals surface area contributed by atoms with Crippen LogP contribution in [0.25, 0.3) is 5.82 Å². The molecule has 0 spiro atoms. The van der Waals surface area contributed by atoms with Gasteiger partial charge in [0.25, 0.3) is 0 Å². The van der Waals surface area contributed by atoms with Gasteiger partial charge in [0, 0.05) is 18.6 Å². The van der Waals surface area contributed by atoms with Crippen LogP contribution in [-0.4, -0.2) is 33.3 Å². The van der Waals surface area contributed by atoms with Crippen LogP contribution < -0.4 is 0 Å². The van der Waals surface area contributed by atoms with Crippen LogP contribution >= 0.6 is 0 Å². The number of rotatable bonds is 4. The van der Waals surface area contributed by atoms with Gasteiger partial charge in [0.05, 0.1) is 12.0 Å². The molecule has 0 atom stereocenters. The molecule has 2 rings (SSSR count). The lowest BCUT2D eigenvalue weighted by Crippen LogP contribution is -2.15. The van der Waals surface area contributed by atoms with Gasteiger partial charge >= 0.3 is 12.1 Å². The molecule has 0 bridgehead atoms. The van der Waals surface area contributed by atoms with Crippen molar-refractivity contribution in [2.75, 3.05) is 6.61 Å². The summed E-state index contributed by atoms with van der Waals surface area (Å²) < 4.78 is 42.0. The van der Waals surface area contributed by atoms with E-state index in [1.54, 1.807) is 10.8 Å². The van der Waals surface area contributed by atoms with E-state index >= 15 is 0 Å². The molecule has 0 aromatic carbocycles. The molecule has 0 aliphatic rings. The van der Waals surface area contributed by atoms with Crippen molar-refractivity contribution in [1.29, 1.82) is 0 Å². The van der Waals surface area contributed by atoms with Crippen LogP contribution in [0.5, 0.6) is 0 Å². The number of pyridine rings is 1. The number of imidazole rings is 1. The van der Waals surface area contributed by atoms with E-state index in [1.165, 1.54) is 30.9 Å². The quantitative estimate of drug-likeness (QED) is 0.809. The molecule has 8 heteroatoms. The van der Waals surface area contributed by atoms with Gasteiger partial charge in [-0.2, -0.15) is 13.2 Å². The van der Waals surface area contributed by atoms with E-state index in [-0.39, 0.29) is 5.56 Å². The summed E-state index contributed by atoms with van der Waals surface area (Å²) in [5.41, 5.74) is 0.130. The monoisotopic (exact) mass is 285 g/mol. The Morgan fingerprint density at radius 1 is 1.35 bits per heavy atom. The third-order valence-electron chi connectivity index (χ3n) is 2.37. The fourth-order valence-corrected chi connectivity index (χ4v) is 1.42. The summed E-state index contributed by atoms with van der Waals surface area (Å²) in [4.78, 5) is 19.5. The van der Waals surface area contributed by atoms with E-state index in [0.717, 1.165) is 0 Å². The molecule has 2 aromatic heterocycles. The van der Waals surface area contributed by atoms with E-state index in [1.807, 2.05) is 0 Å². The van der Waals surface area contributed by atoms with Gasteiger partial charge in [-0.3, -0.25) is 4.57 Å². The van der Waals surface area contributed by atoms with Gasteiger partial charge < -0.3 is 4.74 Å². The SMILES string of the molecule is O=C(OCCC(F)(F)F)c1ccnc(-n2ccnc2)c1. The molecule has 2 aromatic rings. The number of esters is 1. The van der Waals surface area contributed by atoms with E-state index in [2.05, 4.69) is 14.7 Å². The van der Waals surface area contributed by atoms with Crippen molar-refractivity contribution in [2.45, 2.75) is 12.6 Å². The Morgan fingerprint density at radius 3 is 2.80 bits per heavy atom. The summed E-state index contributed by atoms with van der Waals surface area (Å²) in [5, 5.41) is 0. The van der Waals surface area contributed by atoms with Crippen LogP contribution in [0.1, 0.15) is 16.8 Å². The first-order valence-electron chi connectivity index (χ1n) is 5.64. The molecular weight excluding hydrogens is 275 g/mol. The minimum Gasteiger partial charge on any atom is -0.462 e. The molecule has 0 saturated heterocycles. The molecule has 0 amide bonds. The number of hydrogen-bond acceptors (Lipinski definition) is 4. The fourth-order valence-electron chi connectivity index (χ4n) is 1.42. The molecule has 0 fully saturated rings. The Balaban J connectivity index is 2.02. The minimum absolute atomic E-state index is 0.130. The summed E-state index contributed by atoms with van der Waals surface area (Å²) in [6, 6.07) is 2.79. The standard InChI is InChI=1S/C12H10F3N3O2/c13-12(14,15)2-6-20-11(19)9-1-3-17-10(7-9)18-5-4-16-8-18/h1,3-5,7-8H,2,6H2. The Labute approximate surface area is 112 Å². The van der Waals surface area contributed by atoms with Crippen molar-refractivity contribution in [3.63, 3.8) is 0 Å². The molecule has 0 N–H and O–H groups in total. The van der Waals surface area contributed by atoms with Gasteiger partial charge in [0.1, 0.15) is 18.8 Å². The highest BCUT2D eigenvalue weighted by molar-refractivity contribution is 5.89. The van der Waals surface area contributed by atoms with Gasteiger partial charge in [-0.05, 0) is 12.1 Å². The second-order valence-corrected chi connectivity index (χ2v) is 3.87. The highest BCUT2D eigenvalue weighted by atomic mass is 19.4. The van der Waals surface area contributed by atoms with Crippen molar-refractivity contribution < 1.29 is 22.7 Å². The predicted octanol–water partition coefficient (Wildman–Crippen LogP) is 2.38. The highest BCUT2D eigenvalue weighted by Gasteiger charge is 2.27. The number of halogens is 3. The molecule has 0 aliphatic carbocycles. The highest BCUT2D eigenvalue weighted by Crippen LogP contribution is 2.19. The van der Waals surface area contributed by atoms with E-state index < -0.39 is 25.2 Å². The minimum atomic E-state index is -4.35. The normalized spacial score (nSPS) is 11.3. The second-order valence-electron chi connectivity index (χ2n) is 3.87. The van der Waals surface area contributed by atoms with Crippen molar-refractivity contribution in [1.82, 2.24) is 14.5 Å². The molecular formula is C12H10F3N3O2. The number of nitrogens with zero attached hydrogens (tertiary/aromatic N) is 3. The van der Waals surface area contributed by atoms with Crippen LogP contribution in [0.2, 0.25) is 0 Å². The van der Waals surface area contributed by atoms with E-state index in [9.17, 15) is 18.0 Å². The predicted molar refractivity (Wildman–Crippen MR) is 62.3 cm³/mol. The van der Waals surface area contributed by atoms with Gasteiger partial charge in [0.15, 0.2) is 0 Å². The average Bonchev–Trinajstić information content (AvgIpc) is 2.91. The van der Waals surface area contributed by atoms with Crippen molar-refractivity contribution >= 4 is 5.97 Å². The largest absolute Gasteiger partial charge is 0.462 e. The Bertz CT molecular complexity index is 582. The number of carbonyl (C=O) groups excluding carboxylic acids is 1. The van der Waals surface area contributed by atoms with Crippen LogP contribution in [-0.2, 0) is 4.74 Å². The summed E-state index contributed by atoms with van der Waals surface area (Å²) in [7, 11) is 0. The van der Waals surface area contributed by atoms with Gasteiger partial charge in [-0.25, -0.2) is 14.8 Å². The average molecular weight is 285 g/mol. The maximum atomic E-state index is 11.9. The van der Waals surface area contributed by atoms with Crippen LogP contribution in [0.4, 0.5) is 13.2 Å². The molecule has 20 heavy (non-hydrogen) atoms.